The Labute approximate surface area is 327 Å². The van der Waals surface area contributed by atoms with Gasteiger partial charge < -0.3 is 20.4 Å². The fourth-order valence-electron chi connectivity index (χ4n) is 7.66. The number of aliphatic hydroxyl groups excluding tert-OH is 2. The van der Waals surface area contributed by atoms with E-state index >= 15 is 0 Å². The zero-order valence-electron chi connectivity index (χ0n) is 30.7. The third-order valence-electron chi connectivity index (χ3n) is 10.9. The molecule has 2 unspecified atom stereocenters. The topological polar surface area (TPSA) is 80.9 Å². The summed E-state index contributed by atoms with van der Waals surface area (Å²) in [6, 6.07) is 68.9. The minimum absolute atomic E-state index is 0.359. The third-order valence-corrected chi connectivity index (χ3v) is 10.9. The smallest absolute Gasteiger partial charge is 0.143 e. The molecule has 0 aliphatic carbocycles. The Hall–Kier alpha value is -6.40. The normalized spacial score (nSPS) is 12.9. The second-order valence-corrected chi connectivity index (χ2v) is 14.2. The van der Waals surface area contributed by atoms with Crippen LogP contribution < -0.4 is 0 Å². The summed E-state index contributed by atoms with van der Waals surface area (Å²) in [6.07, 6.45) is -3.83. The molecular weight excluding hydrogens is 689 g/mol. The molecule has 0 heterocycles. The highest BCUT2D eigenvalue weighted by Gasteiger charge is 2.52. The van der Waals surface area contributed by atoms with Crippen molar-refractivity contribution in [3.8, 4) is 44.5 Å². The summed E-state index contributed by atoms with van der Waals surface area (Å²) >= 11 is 0. The van der Waals surface area contributed by atoms with Gasteiger partial charge in [-0.1, -0.05) is 218 Å². The van der Waals surface area contributed by atoms with Crippen molar-refractivity contribution >= 4 is 0 Å². The molecule has 56 heavy (non-hydrogen) atoms. The van der Waals surface area contributed by atoms with E-state index in [0.29, 0.717) is 22.3 Å². The molecule has 8 rings (SSSR count). The van der Waals surface area contributed by atoms with Crippen LogP contribution in [-0.4, -0.2) is 32.6 Å². The summed E-state index contributed by atoms with van der Waals surface area (Å²) in [6.45, 7) is 0. The summed E-state index contributed by atoms with van der Waals surface area (Å²) < 4.78 is 0. The molecule has 8 aromatic carbocycles. The first-order valence-electron chi connectivity index (χ1n) is 18.8. The van der Waals surface area contributed by atoms with E-state index in [-0.39, 0.29) is 0 Å². The molecule has 0 aliphatic rings. The molecule has 0 spiro atoms. The van der Waals surface area contributed by atoms with Crippen molar-refractivity contribution in [1.29, 1.82) is 0 Å². The molecule has 8 aromatic rings. The molecule has 0 radical (unpaired) electrons. The molecule has 0 aromatic heterocycles. The Bertz CT molecular complexity index is 2120. The van der Waals surface area contributed by atoms with Crippen LogP contribution in [-0.2, 0) is 11.2 Å². The summed E-state index contributed by atoms with van der Waals surface area (Å²) in [7, 11) is 0. The van der Waals surface area contributed by atoms with Crippen LogP contribution in [0.2, 0.25) is 0 Å². The van der Waals surface area contributed by atoms with E-state index in [1.165, 1.54) is 0 Å². The van der Waals surface area contributed by atoms with Crippen molar-refractivity contribution in [1.82, 2.24) is 0 Å². The number of aliphatic hydroxyl groups is 4. The zero-order valence-corrected chi connectivity index (χ0v) is 30.7. The maximum Gasteiger partial charge on any atom is 0.143 e. The van der Waals surface area contributed by atoms with E-state index in [0.717, 1.165) is 44.5 Å². The lowest BCUT2D eigenvalue weighted by atomic mass is 9.71. The van der Waals surface area contributed by atoms with Crippen LogP contribution in [0.1, 0.15) is 22.3 Å². The Kier molecular flexibility index (Phi) is 10.3. The number of rotatable bonds is 11. The largest absolute Gasteiger partial charge is 0.387 e. The van der Waals surface area contributed by atoms with Gasteiger partial charge in [0.1, 0.15) is 23.4 Å². The average molecular weight is 731 g/mol. The fraction of sp³-hybridized carbons (Fsp3) is 0.0769. The van der Waals surface area contributed by atoms with Crippen LogP contribution in [0.4, 0.5) is 0 Å². The second-order valence-electron chi connectivity index (χ2n) is 14.2. The first-order valence-corrected chi connectivity index (χ1v) is 18.8. The van der Waals surface area contributed by atoms with Gasteiger partial charge in [0.2, 0.25) is 0 Å². The van der Waals surface area contributed by atoms with Crippen LogP contribution in [0.3, 0.4) is 0 Å². The van der Waals surface area contributed by atoms with Gasteiger partial charge in [-0.3, -0.25) is 0 Å². The van der Waals surface area contributed by atoms with Crippen molar-refractivity contribution in [2.75, 3.05) is 0 Å². The molecule has 0 fully saturated rings. The minimum Gasteiger partial charge on any atom is -0.387 e. The Morgan fingerprint density at radius 1 is 0.232 bits per heavy atom. The first-order chi connectivity index (χ1) is 27.4. The number of hydrogen-bond acceptors (Lipinski definition) is 4. The van der Waals surface area contributed by atoms with Crippen LogP contribution in [0.5, 0.6) is 0 Å². The third kappa shape index (κ3) is 6.99. The lowest BCUT2D eigenvalue weighted by Gasteiger charge is -2.43. The summed E-state index contributed by atoms with van der Waals surface area (Å²) in [5.74, 6) is 0. The van der Waals surface area contributed by atoms with Gasteiger partial charge in [0, 0.05) is 0 Å². The highest BCUT2D eigenvalue weighted by atomic mass is 16.4. The van der Waals surface area contributed by atoms with Crippen molar-refractivity contribution in [2.45, 2.75) is 23.4 Å². The maximum atomic E-state index is 13.0. The first kappa shape index (κ1) is 36.6. The van der Waals surface area contributed by atoms with E-state index in [1.54, 1.807) is 48.5 Å². The molecule has 4 N–H and O–H groups in total. The van der Waals surface area contributed by atoms with Gasteiger partial charge in [0.25, 0.3) is 0 Å². The molecule has 0 bridgehead atoms. The monoisotopic (exact) mass is 730 g/mol. The lowest BCUT2D eigenvalue weighted by Crippen LogP contribution is -2.56. The van der Waals surface area contributed by atoms with E-state index in [4.69, 9.17) is 0 Å². The van der Waals surface area contributed by atoms with Crippen LogP contribution >= 0.6 is 0 Å². The predicted octanol–water partition coefficient (Wildman–Crippen LogP) is 10.2. The van der Waals surface area contributed by atoms with E-state index in [9.17, 15) is 20.4 Å². The van der Waals surface area contributed by atoms with Crippen molar-refractivity contribution < 1.29 is 20.4 Å². The molecule has 4 heteroatoms. The molecular formula is C52H42O4. The van der Waals surface area contributed by atoms with Gasteiger partial charge >= 0.3 is 0 Å². The summed E-state index contributed by atoms with van der Waals surface area (Å²) in [4.78, 5) is 0. The molecule has 0 saturated heterocycles. The Morgan fingerprint density at radius 2 is 0.393 bits per heavy atom. The summed E-state index contributed by atoms with van der Waals surface area (Å²) in [5.41, 5.74) is 4.84. The second kappa shape index (κ2) is 15.8. The van der Waals surface area contributed by atoms with Crippen molar-refractivity contribution in [3.05, 3.63) is 241 Å². The van der Waals surface area contributed by atoms with Gasteiger partial charge in [0.05, 0.1) is 0 Å². The molecule has 2 atom stereocenters. The molecule has 0 amide bonds. The molecule has 0 aliphatic heterocycles. The van der Waals surface area contributed by atoms with Gasteiger partial charge in [-0.2, -0.15) is 0 Å². The number of hydrogen-bond donors (Lipinski definition) is 4. The van der Waals surface area contributed by atoms with E-state index < -0.39 is 23.4 Å². The lowest BCUT2D eigenvalue weighted by molar-refractivity contribution is -0.167. The Balaban J connectivity index is 1.24. The summed E-state index contributed by atoms with van der Waals surface area (Å²) in [5, 5.41) is 51.2. The van der Waals surface area contributed by atoms with Gasteiger partial charge in [-0.15, -0.1) is 0 Å². The fourth-order valence-corrected chi connectivity index (χ4v) is 7.66. The standard InChI is InChI=1S/C52H42O4/c53-49(51(55,45-29-21-41(22-30-45)37-13-5-1-6-14-37)46-31-23-42(24-32-46)38-15-7-2-8-16-38)50(54)52(56,47-33-25-43(26-34-47)39-17-9-3-10-18-39)48-35-27-44(28-36-48)40-19-11-4-12-20-40/h1-36,49-50,53-56H. The van der Waals surface area contributed by atoms with Crippen molar-refractivity contribution in [2.24, 2.45) is 0 Å². The predicted molar refractivity (Wildman–Crippen MR) is 226 cm³/mol. The van der Waals surface area contributed by atoms with Crippen molar-refractivity contribution in [3.63, 3.8) is 0 Å². The van der Waals surface area contributed by atoms with Crippen LogP contribution in [0.15, 0.2) is 218 Å². The van der Waals surface area contributed by atoms with E-state index in [2.05, 4.69) is 0 Å². The quantitative estimate of drug-likeness (QED) is 0.107. The molecule has 0 saturated carbocycles. The Morgan fingerprint density at radius 3 is 0.571 bits per heavy atom. The average Bonchev–Trinajstić information content (AvgIpc) is 3.29. The molecule has 274 valence electrons. The SMILES string of the molecule is OC(C(O)C(O)(c1ccc(-c2ccccc2)cc1)c1ccc(-c2ccccc2)cc1)C(O)(c1ccc(-c2ccccc2)cc1)c1ccc(-c2ccccc2)cc1. The van der Waals surface area contributed by atoms with Gasteiger partial charge in [-0.25, -0.2) is 0 Å². The number of benzene rings is 8. The van der Waals surface area contributed by atoms with Gasteiger partial charge in [-0.05, 0) is 66.8 Å². The molecule has 4 nitrogen and oxygen atoms in total. The minimum atomic E-state index is -2.16. The highest BCUT2D eigenvalue weighted by molar-refractivity contribution is 5.68. The van der Waals surface area contributed by atoms with Gasteiger partial charge in [0.15, 0.2) is 0 Å². The van der Waals surface area contributed by atoms with Crippen LogP contribution in [0, 0.1) is 0 Å². The van der Waals surface area contributed by atoms with Crippen LogP contribution in [0.25, 0.3) is 44.5 Å². The highest BCUT2D eigenvalue weighted by Crippen LogP contribution is 2.43. The van der Waals surface area contributed by atoms with E-state index in [1.807, 2.05) is 170 Å². The maximum absolute atomic E-state index is 13.0. The zero-order chi connectivity index (χ0) is 38.5.